The Morgan fingerprint density at radius 3 is 2.23 bits per heavy atom. The first-order chi connectivity index (χ1) is 27.2. The molecule has 57 heavy (non-hydrogen) atoms. The molecule has 3 atom stereocenters. The van der Waals surface area contributed by atoms with Gasteiger partial charge in [-0.15, -0.1) is 0 Å². The van der Waals surface area contributed by atoms with Crippen molar-refractivity contribution in [1.82, 2.24) is 25.6 Å². The molecule has 0 radical (unpaired) electrons. The zero-order chi connectivity index (χ0) is 41.3. The first-order valence-electron chi connectivity index (χ1n) is 18.5. The van der Waals surface area contributed by atoms with E-state index in [2.05, 4.69) is 21.3 Å². The van der Waals surface area contributed by atoms with Crippen molar-refractivity contribution in [2.75, 3.05) is 47.1 Å². The molecule has 5 N–H and O–H groups in total. The maximum atomic E-state index is 14.0. The summed E-state index contributed by atoms with van der Waals surface area (Å²) in [7, 11) is -1.42. The number of nitrogens with zero attached hydrogens (tertiary/aromatic N) is 1. The van der Waals surface area contributed by atoms with Crippen LogP contribution in [-0.2, 0) is 31.0 Å². The fourth-order valence-electron chi connectivity index (χ4n) is 6.21. The summed E-state index contributed by atoms with van der Waals surface area (Å²) in [5.41, 5.74) is 0.701. The number of fused-ring (bicyclic) bond motifs is 4. The van der Waals surface area contributed by atoms with Gasteiger partial charge in [-0.2, -0.15) is 4.31 Å². The van der Waals surface area contributed by atoms with E-state index in [-0.39, 0.29) is 54.6 Å². The average Bonchev–Trinajstić information content (AvgIpc) is 3.19. The van der Waals surface area contributed by atoms with Gasteiger partial charge in [0.2, 0.25) is 27.7 Å². The van der Waals surface area contributed by atoms with E-state index in [4.69, 9.17) is 23.7 Å². The zero-order valence-electron chi connectivity index (χ0n) is 32.5. The monoisotopic (exact) mass is 811 g/mol. The minimum atomic E-state index is -4.34. The van der Waals surface area contributed by atoms with Crippen molar-refractivity contribution in [3.63, 3.8) is 0 Å². The van der Waals surface area contributed by atoms with Crippen LogP contribution in [0.25, 0.3) is 0 Å². The van der Waals surface area contributed by atoms with Gasteiger partial charge in [0.25, 0.3) is 5.91 Å². The fourth-order valence-corrected chi connectivity index (χ4v) is 7.66. The van der Waals surface area contributed by atoms with Crippen LogP contribution in [0.2, 0.25) is 0 Å². The van der Waals surface area contributed by atoms with Gasteiger partial charge in [-0.25, -0.2) is 8.42 Å². The second-order valence-corrected chi connectivity index (χ2v) is 15.7. The number of hydrogen-bond donors (Lipinski definition) is 5. The van der Waals surface area contributed by atoms with Gasteiger partial charge in [0, 0.05) is 24.7 Å². The van der Waals surface area contributed by atoms with Crippen LogP contribution in [-0.4, -0.2) is 107 Å². The molecule has 308 valence electrons. The average molecular weight is 812 g/mol. The molecular formula is C39H49N5O12S. The van der Waals surface area contributed by atoms with Gasteiger partial charge in [-0.3, -0.25) is 19.2 Å². The molecule has 0 saturated heterocycles. The molecular weight excluding hydrogens is 763 g/mol. The number of sulfonamides is 1. The normalized spacial score (nSPS) is 19.8. The minimum absolute atomic E-state index is 0.107. The first kappa shape index (κ1) is 42.6. The van der Waals surface area contributed by atoms with Gasteiger partial charge < -0.3 is 50.1 Å². The second-order valence-electron chi connectivity index (χ2n) is 13.7. The maximum Gasteiger partial charge on any atom is 0.251 e. The molecule has 17 nitrogen and oxygen atoms in total. The molecule has 4 amide bonds. The molecule has 3 aromatic rings. The van der Waals surface area contributed by atoms with Crippen LogP contribution >= 0.6 is 0 Å². The zero-order valence-corrected chi connectivity index (χ0v) is 33.3. The number of rotatable bonds is 6. The second kappa shape index (κ2) is 19.0. The summed E-state index contributed by atoms with van der Waals surface area (Å²) >= 11 is 0. The number of aliphatic hydroxyl groups excluding tert-OH is 1. The van der Waals surface area contributed by atoms with Crippen molar-refractivity contribution >= 4 is 33.7 Å². The molecule has 2 bridgehead atoms. The van der Waals surface area contributed by atoms with Gasteiger partial charge in [-0.05, 0) is 68.1 Å². The summed E-state index contributed by atoms with van der Waals surface area (Å²) in [5, 5.41) is 21.4. The highest BCUT2D eigenvalue weighted by molar-refractivity contribution is 7.89. The van der Waals surface area contributed by atoms with E-state index >= 15 is 0 Å². The van der Waals surface area contributed by atoms with Crippen molar-refractivity contribution < 1.29 is 56.4 Å². The molecule has 2 aliphatic heterocycles. The third-order valence-corrected chi connectivity index (χ3v) is 11.2. The largest absolute Gasteiger partial charge is 0.496 e. The van der Waals surface area contributed by atoms with Crippen LogP contribution in [0.5, 0.6) is 34.5 Å². The highest BCUT2D eigenvalue weighted by Crippen LogP contribution is 2.37. The topological polar surface area (TPSA) is 220 Å². The molecule has 18 heteroatoms. The highest BCUT2D eigenvalue weighted by Gasteiger charge is 2.34. The molecule has 0 aromatic heterocycles. The van der Waals surface area contributed by atoms with Crippen LogP contribution in [0.1, 0.15) is 49.5 Å². The van der Waals surface area contributed by atoms with Crippen LogP contribution in [0.4, 0.5) is 0 Å². The summed E-state index contributed by atoms with van der Waals surface area (Å²) in [6, 6.07) is 11.1. The van der Waals surface area contributed by atoms with Crippen molar-refractivity contribution in [2.24, 2.45) is 5.92 Å². The van der Waals surface area contributed by atoms with Crippen LogP contribution in [0, 0.1) is 5.92 Å². The number of benzene rings is 3. The fraction of sp³-hybridized carbons (Fsp3) is 0.436. The van der Waals surface area contributed by atoms with Crippen molar-refractivity contribution in [2.45, 2.75) is 63.2 Å². The molecule has 0 fully saturated rings. The third-order valence-electron chi connectivity index (χ3n) is 9.31. The lowest BCUT2D eigenvalue weighted by Crippen LogP contribution is -2.59. The number of carbonyl (C=O) groups is 4. The quantitative estimate of drug-likeness (QED) is 0.242. The smallest absolute Gasteiger partial charge is 0.251 e. The van der Waals surface area contributed by atoms with Gasteiger partial charge in [0.1, 0.15) is 36.8 Å². The maximum absolute atomic E-state index is 14.0. The highest BCUT2D eigenvalue weighted by atomic mass is 32.2. The lowest BCUT2D eigenvalue weighted by atomic mass is 10.0. The van der Waals surface area contributed by atoms with Crippen molar-refractivity contribution in [1.29, 1.82) is 0 Å². The Hall–Kier alpha value is -5.59. The Labute approximate surface area is 331 Å². The Morgan fingerprint density at radius 2 is 1.53 bits per heavy atom. The number of aliphatic hydroxyl groups is 1. The molecule has 0 saturated carbocycles. The van der Waals surface area contributed by atoms with E-state index in [9.17, 15) is 32.7 Å². The minimum Gasteiger partial charge on any atom is -0.496 e. The predicted molar refractivity (Wildman–Crippen MR) is 206 cm³/mol. The number of carbonyl (C=O) groups excluding carboxylic acids is 4. The van der Waals surface area contributed by atoms with E-state index in [1.54, 1.807) is 44.2 Å². The number of amides is 4. The van der Waals surface area contributed by atoms with Crippen LogP contribution in [0.3, 0.4) is 0 Å². The lowest BCUT2D eigenvalue weighted by molar-refractivity contribution is -0.135. The Bertz CT molecular complexity index is 2060. The van der Waals surface area contributed by atoms with Crippen molar-refractivity contribution in [3.05, 3.63) is 65.7 Å². The standard InChI is InChI=1S/C39H49N5O12S/c1-23(2)35-38(48)41-21-27-28(52-4)9-8-10-29(27)56-33-19-25(11-13-30(33)53-5)37(47)40-15-6-7-16-44(22-34(46)42-36(24(3)45)39(49)43-35)57(50,51)26-12-14-31-32(20-26)55-18-17-54-31/h8-14,19-20,23-24,35-36,45H,6-7,15-18,21-22H2,1-5H3,(H,40,47)(H,41,48)(H,42,46)(H,43,49)/t24-,35-,36+/m1/s1. The number of ether oxygens (including phenoxy) is 5. The SMILES string of the molecule is COc1ccc2cc1Oc1cccc(OC)c1CNC(=O)[C@@H](C(C)C)NC(=O)[C@H]([C@@H](C)O)NC(=O)CN(S(=O)(=O)c1ccc3c(c1)OCCO3)CCCCNC2=O. The number of hydrogen-bond acceptors (Lipinski definition) is 12. The van der Waals surface area contributed by atoms with E-state index in [1.165, 1.54) is 45.4 Å². The predicted octanol–water partition coefficient (Wildman–Crippen LogP) is 2.10. The number of methoxy groups -OCH3 is 2. The van der Waals surface area contributed by atoms with Crippen LogP contribution < -0.4 is 45.0 Å². The summed E-state index contributed by atoms with van der Waals surface area (Å²) in [6.45, 7) is 4.42. The molecule has 5 rings (SSSR count). The van der Waals surface area contributed by atoms with Crippen molar-refractivity contribution in [3.8, 4) is 34.5 Å². The molecule has 2 heterocycles. The van der Waals surface area contributed by atoms with E-state index < -0.39 is 64.3 Å². The summed E-state index contributed by atoms with van der Waals surface area (Å²) in [4.78, 5) is 54.0. The first-order valence-corrected chi connectivity index (χ1v) is 19.9. The summed E-state index contributed by atoms with van der Waals surface area (Å²) in [6.07, 6.45) is -0.893. The summed E-state index contributed by atoms with van der Waals surface area (Å²) < 4.78 is 57.5. The van der Waals surface area contributed by atoms with Gasteiger partial charge in [0.15, 0.2) is 23.0 Å². The molecule has 0 aliphatic carbocycles. The lowest BCUT2D eigenvalue weighted by Gasteiger charge is -2.28. The molecule has 3 aromatic carbocycles. The number of nitrogens with one attached hydrogen (secondary N) is 4. The Balaban J connectivity index is 1.48. The molecule has 0 unspecified atom stereocenters. The molecule has 2 aliphatic rings. The van der Waals surface area contributed by atoms with Gasteiger partial charge in [0.05, 0.1) is 43.9 Å². The van der Waals surface area contributed by atoms with E-state index in [0.29, 0.717) is 41.6 Å². The third kappa shape index (κ3) is 10.4. The van der Waals surface area contributed by atoms with Crippen LogP contribution in [0.15, 0.2) is 59.5 Å². The van der Waals surface area contributed by atoms with Gasteiger partial charge >= 0.3 is 0 Å². The Kier molecular flexibility index (Phi) is 14.2. The van der Waals surface area contributed by atoms with Gasteiger partial charge in [-0.1, -0.05) is 19.9 Å². The Morgan fingerprint density at radius 1 is 0.789 bits per heavy atom. The van der Waals surface area contributed by atoms with E-state index in [0.717, 1.165) is 4.31 Å². The molecule has 0 spiro atoms. The van der Waals surface area contributed by atoms with E-state index in [1.807, 2.05) is 0 Å². The summed E-state index contributed by atoms with van der Waals surface area (Å²) in [5.74, 6) is -1.39.